The van der Waals surface area contributed by atoms with Crippen LogP contribution in [0.3, 0.4) is 0 Å². The molecule has 36 heavy (non-hydrogen) atoms. The molecule has 0 atom stereocenters. The van der Waals surface area contributed by atoms with Crippen molar-refractivity contribution in [2.75, 3.05) is 14.2 Å². The van der Waals surface area contributed by atoms with E-state index in [1.807, 2.05) is 18.2 Å². The molecule has 1 aromatic heterocycles. The number of halogens is 1. The summed E-state index contributed by atoms with van der Waals surface area (Å²) in [6.45, 7) is 0.373. The van der Waals surface area contributed by atoms with Crippen molar-refractivity contribution in [2.24, 2.45) is 0 Å². The Kier molecular flexibility index (Phi) is 8.14. The first-order valence-corrected chi connectivity index (χ1v) is 11.9. The third kappa shape index (κ3) is 6.59. The number of aromatic nitrogens is 3. The molecule has 0 bridgehead atoms. The number of carboxylic acid groups (broad SMARTS) is 1. The van der Waals surface area contributed by atoms with Gasteiger partial charge in [-0.1, -0.05) is 35.9 Å². The SMILES string of the molecule is COc1cc(OC)cc(-c2nc(S/C(=C\c3ccc(OCc4cccc(Cl)c4)cc3)C(=O)O)n[nH]2)c1. The fourth-order valence-corrected chi connectivity index (χ4v) is 4.12. The number of carbonyl (C=O) groups is 1. The highest BCUT2D eigenvalue weighted by Crippen LogP contribution is 2.31. The van der Waals surface area contributed by atoms with Crippen molar-refractivity contribution in [1.82, 2.24) is 15.2 Å². The fourth-order valence-electron chi connectivity index (χ4n) is 3.20. The summed E-state index contributed by atoms with van der Waals surface area (Å²) in [7, 11) is 3.12. The first-order valence-electron chi connectivity index (χ1n) is 10.7. The second-order valence-electron chi connectivity index (χ2n) is 7.47. The minimum atomic E-state index is -1.09. The van der Waals surface area contributed by atoms with Crippen molar-refractivity contribution < 1.29 is 24.1 Å². The summed E-state index contributed by atoms with van der Waals surface area (Å²) in [6.07, 6.45) is 1.55. The van der Waals surface area contributed by atoms with Crippen LogP contribution in [0.1, 0.15) is 11.1 Å². The van der Waals surface area contributed by atoms with E-state index in [0.29, 0.717) is 45.8 Å². The van der Waals surface area contributed by atoms with Gasteiger partial charge >= 0.3 is 5.97 Å². The maximum absolute atomic E-state index is 11.9. The number of nitrogens with one attached hydrogen (secondary N) is 1. The molecular formula is C26H22ClN3O5S. The second-order valence-corrected chi connectivity index (χ2v) is 8.92. The summed E-state index contributed by atoms with van der Waals surface area (Å²) >= 11 is 6.95. The van der Waals surface area contributed by atoms with Gasteiger partial charge in [-0.15, -0.1) is 5.10 Å². The van der Waals surface area contributed by atoms with Gasteiger partial charge in [-0.2, -0.15) is 0 Å². The monoisotopic (exact) mass is 523 g/mol. The van der Waals surface area contributed by atoms with Gasteiger partial charge in [0.25, 0.3) is 0 Å². The number of aromatic amines is 1. The van der Waals surface area contributed by atoms with Crippen LogP contribution in [-0.4, -0.2) is 40.5 Å². The van der Waals surface area contributed by atoms with E-state index in [1.165, 1.54) is 0 Å². The van der Waals surface area contributed by atoms with Crippen LogP contribution in [0.4, 0.5) is 0 Å². The Labute approximate surface area is 216 Å². The Bertz CT molecular complexity index is 1370. The molecule has 0 aliphatic heterocycles. The molecular weight excluding hydrogens is 502 g/mol. The molecule has 1 heterocycles. The smallest absolute Gasteiger partial charge is 0.342 e. The van der Waals surface area contributed by atoms with Gasteiger partial charge in [0.15, 0.2) is 5.82 Å². The summed E-state index contributed by atoms with van der Waals surface area (Å²) < 4.78 is 16.4. The normalized spacial score (nSPS) is 11.2. The van der Waals surface area contributed by atoms with Crippen LogP contribution in [0.2, 0.25) is 5.02 Å². The minimum absolute atomic E-state index is 0.0661. The van der Waals surface area contributed by atoms with Crippen molar-refractivity contribution in [1.29, 1.82) is 0 Å². The molecule has 0 amide bonds. The van der Waals surface area contributed by atoms with E-state index in [1.54, 1.807) is 68.8 Å². The predicted octanol–water partition coefficient (Wildman–Crippen LogP) is 5.94. The summed E-state index contributed by atoms with van der Waals surface area (Å²) in [5.74, 6) is 1.22. The minimum Gasteiger partial charge on any atom is -0.497 e. The Morgan fingerprint density at radius 1 is 1.03 bits per heavy atom. The molecule has 0 spiro atoms. The van der Waals surface area contributed by atoms with Crippen LogP contribution in [0.15, 0.2) is 76.8 Å². The number of benzene rings is 3. The number of carboxylic acids is 1. The van der Waals surface area contributed by atoms with Crippen molar-refractivity contribution in [3.05, 3.63) is 87.8 Å². The summed E-state index contributed by atoms with van der Waals surface area (Å²) in [6, 6.07) is 19.9. The van der Waals surface area contributed by atoms with Crippen molar-refractivity contribution in [2.45, 2.75) is 11.8 Å². The van der Waals surface area contributed by atoms with E-state index in [4.69, 9.17) is 25.8 Å². The molecule has 0 saturated carbocycles. The molecule has 4 rings (SSSR count). The van der Waals surface area contributed by atoms with Crippen LogP contribution in [0.25, 0.3) is 17.5 Å². The molecule has 0 unspecified atom stereocenters. The lowest BCUT2D eigenvalue weighted by Crippen LogP contribution is -1.97. The van der Waals surface area contributed by atoms with E-state index in [0.717, 1.165) is 17.3 Å². The second kappa shape index (κ2) is 11.7. The highest BCUT2D eigenvalue weighted by molar-refractivity contribution is 8.04. The molecule has 184 valence electrons. The van der Waals surface area contributed by atoms with Crippen molar-refractivity contribution >= 4 is 35.4 Å². The summed E-state index contributed by atoms with van der Waals surface area (Å²) in [5.41, 5.74) is 2.34. The van der Waals surface area contributed by atoms with Crippen LogP contribution in [-0.2, 0) is 11.4 Å². The predicted molar refractivity (Wildman–Crippen MR) is 139 cm³/mol. The highest BCUT2D eigenvalue weighted by Gasteiger charge is 2.15. The number of hydrogen-bond acceptors (Lipinski definition) is 7. The molecule has 0 aliphatic carbocycles. The van der Waals surface area contributed by atoms with Crippen molar-refractivity contribution in [3.63, 3.8) is 0 Å². The molecule has 10 heteroatoms. The Morgan fingerprint density at radius 3 is 2.39 bits per heavy atom. The zero-order valence-corrected chi connectivity index (χ0v) is 21.0. The Hall–Kier alpha value is -3.95. The number of aliphatic carboxylic acids is 1. The Balaban J connectivity index is 1.46. The highest BCUT2D eigenvalue weighted by atomic mass is 35.5. The van der Waals surface area contributed by atoms with Crippen LogP contribution < -0.4 is 14.2 Å². The van der Waals surface area contributed by atoms with E-state index >= 15 is 0 Å². The number of methoxy groups -OCH3 is 2. The Morgan fingerprint density at radius 2 is 1.75 bits per heavy atom. The molecule has 3 aromatic carbocycles. The number of hydrogen-bond donors (Lipinski definition) is 2. The maximum Gasteiger partial charge on any atom is 0.342 e. The van der Waals surface area contributed by atoms with Crippen LogP contribution in [0, 0.1) is 0 Å². The number of ether oxygens (including phenoxy) is 3. The molecule has 8 nitrogen and oxygen atoms in total. The van der Waals surface area contributed by atoms with Gasteiger partial charge in [0.05, 0.1) is 14.2 Å². The standard InChI is InChI=1S/C26H22ClN3O5S/c1-33-21-12-18(13-22(14-21)34-2)24-28-26(30-29-24)36-23(25(31)32)11-16-6-8-20(9-7-16)35-15-17-4-3-5-19(27)10-17/h3-14H,15H2,1-2H3,(H,31,32)(H,28,29,30)/b23-11-. The van der Waals surface area contributed by atoms with Gasteiger partial charge in [-0.25, -0.2) is 9.78 Å². The van der Waals surface area contributed by atoms with E-state index in [-0.39, 0.29) is 10.1 Å². The van der Waals surface area contributed by atoms with E-state index < -0.39 is 5.97 Å². The average Bonchev–Trinajstić information content (AvgIpc) is 3.36. The number of H-pyrrole nitrogens is 1. The molecule has 0 radical (unpaired) electrons. The topological polar surface area (TPSA) is 107 Å². The maximum atomic E-state index is 11.9. The molecule has 4 aromatic rings. The van der Waals surface area contributed by atoms with E-state index in [9.17, 15) is 9.90 Å². The van der Waals surface area contributed by atoms with Gasteiger partial charge < -0.3 is 19.3 Å². The first kappa shape index (κ1) is 25.2. The summed E-state index contributed by atoms with van der Waals surface area (Å²) in [4.78, 5) is 16.4. The summed E-state index contributed by atoms with van der Waals surface area (Å²) in [5, 5.41) is 17.6. The number of nitrogens with zero attached hydrogens (tertiary/aromatic N) is 2. The lowest BCUT2D eigenvalue weighted by atomic mass is 10.2. The zero-order chi connectivity index (χ0) is 25.5. The quantitative estimate of drug-likeness (QED) is 0.194. The third-order valence-corrected chi connectivity index (χ3v) is 6.09. The molecule has 2 N–H and O–H groups in total. The largest absolute Gasteiger partial charge is 0.497 e. The van der Waals surface area contributed by atoms with Crippen molar-refractivity contribution in [3.8, 4) is 28.6 Å². The lowest BCUT2D eigenvalue weighted by molar-refractivity contribution is -0.131. The van der Waals surface area contributed by atoms with Crippen LogP contribution >= 0.6 is 23.4 Å². The lowest BCUT2D eigenvalue weighted by Gasteiger charge is -2.07. The molecule has 0 aliphatic rings. The third-order valence-electron chi connectivity index (χ3n) is 4.97. The molecule has 0 saturated heterocycles. The average molecular weight is 524 g/mol. The van der Waals surface area contributed by atoms with Gasteiger partial charge in [0.1, 0.15) is 28.8 Å². The van der Waals surface area contributed by atoms with Gasteiger partial charge in [0, 0.05) is 16.7 Å². The van der Waals surface area contributed by atoms with Gasteiger partial charge in [-0.3, -0.25) is 5.10 Å². The van der Waals surface area contributed by atoms with E-state index in [2.05, 4.69) is 15.2 Å². The zero-order valence-electron chi connectivity index (χ0n) is 19.4. The number of thioether (sulfide) groups is 1. The molecule has 0 fully saturated rings. The number of rotatable bonds is 10. The van der Waals surface area contributed by atoms with Gasteiger partial charge in [-0.05, 0) is 65.4 Å². The van der Waals surface area contributed by atoms with Gasteiger partial charge in [0.2, 0.25) is 5.16 Å². The fraction of sp³-hybridized carbons (Fsp3) is 0.115. The van der Waals surface area contributed by atoms with Crippen LogP contribution in [0.5, 0.6) is 17.2 Å². The first-order chi connectivity index (χ1) is 17.4.